The van der Waals surface area contributed by atoms with E-state index >= 15 is 0 Å². The molecule has 2 aromatic rings. The SMILES string of the molecule is CO/N=C1\CC[C@H]2c3ccc4cc(O[Si](C)(C)C)ccc4c3CC[C@]12C. The predicted octanol–water partition coefficient (Wildman–Crippen LogP) is 5.89. The fourth-order valence-electron chi connectivity index (χ4n) is 4.96. The number of benzene rings is 2. The van der Waals surface area contributed by atoms with Crippen molar-refractivity contribution in [3.05, 3.63) is 41.5 Å². The molecule has 138 valence electrons. The Morgan fingerprint density at radius 1 is 1.12 bits per heavy atom. The number of rotatable bonds is 3. The van der Waals surface area contributed by atoms with E-state index in [0.717, 1.165) is 25.0 Å². The Morgan fingerprint density at radius 2 is 1.92 bits per heavy atom. The van der Waals surface area contributed by atoms with Crippen molar-refractivity contribution in [3.63, 3.8) is 0 Å². The number of fused-ring (bicyclic) bond motifs is 5. The van der Waals surface area contributed by atoms with Gasteiger partial charge in [-0.15, -0.1) is 0 Å². The van der Waals surface area contributed by atoms with Crippen molar-refractivity contribution in [2.45, 2.75) is 58.2 Å². The van der Waals surface area contributed by atoms with Crippen LogP contribution in [0.2, 0.25) is 19.6 Å². The molecule has 0 bridgehead atoms. The maximum Gasteiger partial charge on any atom is 0.242 e. The highest BCUT2D eigenvalue weighted by molar-refractivity contribution is 6.70. The minimum atomic E-state index is -1.58. The Balaban J connectivity index is 1.76. The molecule has 2 atom stereocenters. The summed E-state index contributed by atoms with van der Waals surface area (Å²) in [6.07, 6.45) is 4.49. The topological polar surface area (TPSA) is 30.8 Å². The molecule has 0 N–H and O–H groups in total. The summed E-state index contributed by atoms with van der Waals surface area (Å²) in [6.45, 7) is 9.05. The molecular weight excluding hydrogens is 338 g/mol. The van der Waals surface area contributed by atoms with Gasteiger partial charge in [-0.25, -0.2) is 0 Å². The summed E-state index contributed by atoms with van der Waals surface area (Å²) in [6, 6.07) is 11.3. The third-order valence-electron chi connectivity index (χ3n) is 6.13. The molecule has 0 heterocycles. The van der Waals surface area contributed by atoms with Crippen LogP contribution in [0, 0.1) is 5.41 Å². The molecule has 0 saturated heterocycles. The third-order valence-corrected chi connectivity index (χ3v) is 6.98. The van der Waals surface area contributed by atoms with E-state index in [1.165, 1.54) is 34.0 Å². The first-order chi connectivity index (χ1) is 12.3. The minimum absolute atomic E-state index is 0.150. The highest BCUT2D eigenvalue weighted by Gasteiger charge is 2.48. The maximum atomic E-state index is 6.19. The van der Waals surface area contributed by atoms with E-state index in [1.807, 2.05) is 0 Å². The molecule has 1 saturated carbocycles. The molecule has 0 spiro atoms. The highest BCUT2D eigenvalue weighted by atomic mass is 28.4. The van der Waals surface area contributed by atoms with Crippen molar-refractivity contribution >= 4 is 24.8 Å². The van der Waals surface area contributed by atoms with Gasteiger partial charge in [0.2, 0.25) is 8.32 Å². The Kier molecular flexibility index (Phi) is 4.14. The molecule has 2 aromatic carbocycles. The molecule has 2 aliphatic rings. The molecule has 3 nitrogen and oxygen atoms in total. The smallest absolute Gasteiger partial charge is 0.242 e. The molecular formula is C22H29NO2Si. The molecule has 1 fully saturated rings. The van der Waals surface area contributed by atoms with Gasteiger partial charge < -0.3 is 9.26 Å². The van der Waals surface area contributed by atoms with Crippen LogP contribution in [0.25, 0.3) is 10.8 Å². The van der Waals surface area contributed by atoms with E-state index in [1.54, 1.807) is 7.11 Å². The Morgan fingerprint density at radius 3 is 2.65 bits per heavy atom. The van der Waals surface area contributed by atoms with Gasteiger partial charge in [0.1, 0.15) is 12.9 Å². The normalized spacial score (nSPS) is 26.7. The molecule has 0 amide bonds. The van der Waals surface area contributed by atoms with E-state index in [-0.39, 0.29) is 5.41 Å². The van der Waals surface area contributed by atoms with Crippen LogP contribution in [0.1, 0.15) is 43.2 Å². The molecule has 2 aliphatic carbocycles. The van der Waals surface area contributed by atoms with Gasteiger partial charge in [0, 0.05) is 5.41 Å². The number of oxime groups is 1. The first kappa shape index (κ1) is 17.6. The van der Waals surface area contributed by atoms with Gasteiger partial charge in [0.05, 0.1) is 5.71 Å². The Bertz CT molecular complexity index is 884. The van der Waals surface area contributed by atoms with Gasteiger partial charge >= 0.3 is 0 Å². The standard InChI is InChI=1S/C22H29NO2Si/c1-22-13-12-18-17-9-7-16(25-26(3,4)5)14-15(17)6-8-19(18)20(22)10-11-21(22)23-24-2/h6-9,14,20H,10-13H2,1-5H3/b23-21+/t20-,22-/m0/s1. The average molecular weight is 368 g/mol. The largest absolute Gasteiger partial charge is 0.544 e. The number of hydrogen-bond acceptors (Lipinski definition) is 3. The fraction of sp³-hybridized carbons (Fsp3) is 0.500. The zero-order chi connectivity index (χ0) is 18.5. The van der Waals surface area contributed by atoms with Crippen LogP contribution in [0.4, 0.5) is 0 Å². The van der Waals surface area contributed by atoms with Gasteiger partial charge in [-0.2, -0.15) is 0 Å². The van der Waals surface area contributed by atoms with Crippen LogP contribution in [0.15, 0.2) is 35.5 Å². The second kappa shape index (κ2) is 6.12. The van der Waals surface area contributed by atoms with E-state index < -0.39 is 8.32 Å². The summed E-state index contributed by atoms with van der Waals surface area (Å²) in [4.78, 5) is 5.13. The van der Waals surface area contributed by atoms with Crippen LogP contribution < -0.4 is 4.43 Å². The van der Waals surface area contributed by atoms with Crippen LogP contribution in [-0.2, 0) is 11.3 Å². The zero-order valence-electron chi connectivity index (χ0n) is 16.6. The molecule has 0 radical (unpaired) electrons. The highest BCUT2D eigenvalue weighted by Crippen LogP contribution is 2.55. The van der Waals surface area contributed by atoms with Crippen molar-refractivity contribution in [2.75, 3.05) is 7.11 Å². The lowest BCUT2D eigenvalue weighted by Gasteiger charge is -2.38. The van der Waals surface area contributed by atoms with E-state index in [0.29, 0.717) is 5.92 Å². The molecule has 26 heavy (non-hydrogen) atoms. The van der Waals surface area contributed by atoms with Crippen molar-refractivity contribution in [3.8, 4) is 5.75 Å². The maximum absolute atomic E-state index is 6.19. The molecule has 0 aliphatic heterocycles. The van der Waals surface area contributed by atoms with Gasteiger partial charge in [-0.1, -0.05) is 30.3 Å². The second-order valence-corrected chi connectivity index (χ2v) is 13.4. The summed E-state index contributed by atoms with van der Waals surface area (Å²) >= 11 is 0. The van der Waals surface area contributed by atoms with E-state index in [4.69, 9.17) is 9.26 Å². The van der Waals surface area contributed by atoms with Gasteiger partial charge in [0.15, 0.2) is 0 Å². The average Bonchev–Trinajstić information content (AvgIpc) is 2.90. The van der Waals surface area contributed by atoms with Crippen LogP contribution >= 0.6 is 0 Å². The summed E-state index contributed by atoms with van der Waals surface area (Å²) in [5.41, 5.74) is 4.45. The van der Waals surface area contributed by atoms with Gasteiger partial charge in [-0.3, -0.25) is 0 Å². The lowest BCUT2D eigenvalue weighted by Crippen LogP contribution is -2.32. The zero-order valence-corrected chi connectivity index (χ0v) is 17.6. The van der Waals surface area contributed by atoms with Crippen molar-refractivity contribution in [2.24, 2.45) is 10.6 Å². The summed E-state index contributed by atoms with van der Waals surface area (Å²) in [7, 11) is 0.0786. The minimum Gasteiger partial charge on any atom is -0.544 e. The summed E-state index contributed by atoms with van der Waals surface area (Å²) in [5, 5.41) is 7.06. The molecule has 4 rings (SSSR count). The summed E-state index contributed by atoms with van der Waals surface area (Å²) < 4.78 is 6.19. The quantitative estimate of drug-likeness (QED) is 0.500. The van der Waals surface area contributed by atoms with Crippen molar-refractivity contribution < 1.29 is 9.26 Å². The van der Waals surface area contributed by atoms with Crippen LogP contribution in [0.3, 0.4) is 0 Å². The Labute approximate surface area is 157 Å². The molecule has 0 unspecified atom stereocenters. The molecule has 0 aromatic heterocycles. The number of hydrogen-bond donors (Lipinski definition) is 0. The van der Waals surface area contributed by atoms with Crippen molar-refractivity contribution in [1.82, 2.24) is 0 Å². The summed E-state index contributed by atoms with van der Waals surface area (Å²) in [5.74, 6) is 1.56. The van der Waals surface area contributed by atoms with Crippen molar-refractivity contribution in [1.29, 1.82) is 0 Å². The Hall–Kier alpha value is -1.81. The second-order valence-electron chi connectivity index (χ2n) is 8.96. The lowest BCUT2D eigenvalue weighted by atomic mass is 9.65. The van der Waals surface area contributed by atoms with E-state index in [9.17, 15) is 0 Å². The monoisotopic (exact) mass is 367 g/mol. The lowest BCUT2D eigenvalue weighted by molar-refractivity contribution is 0.205. The van der Waals surface area contributed by atoms with E-state index in [2.05, 4.69) is 62.1 Å². The van der Waals surface area contributed by atoms with Gasteiger partial charge in [0.25, 0.3) is 0 Å². The fourth-order valence-corrected chi connectivity index (χ4v) is 5.79. The number of aryl methyl sites for hydroxylation is 1. The van der Waals surface area contributed by atoms with Crippen LogP contribution in [-0.4, -0.2) is 21.1 Å². The number of nitrogens with zero attached hydrogens (tertiary/aromatic N) is 1. The van der Waals surface area contributed by atoms with Gasteiger partial charge in [-0.05, 0) is 85.3 Å². The first-order valence-corrected chi connectivity index (χ1v) is 13.1. The molecule has 4 heteroatoms. The predicted molar refractivity (Wildman–Crippen MR) is 111 cm³/mol. The first-order valence-electron chi connectivity index (χ1n) is 9.67. The van der Waals surface area contributed by atoms with Crippen LogP contribution in [0.5, 0.6) is 5.75 Å². The third kappa shape index (κ3) is 2.84.